The predicted octanol–water partition coefficient (Wildman–Crippen LogP) is 1.15. The zero-order chi connectivity index (χ0) is 11.5. The van der Waals surface area contributed by atoms with Gasteiger partial charge in [-0.25, -0.2) is 4.98 Å². The van der Waals surface area contributed by atoms with Crippen molar-refractivity contribution in [2.45, 2.75) is 6.92 Å². The molecular weight excluding hydrogens is 206 g/mol. The Kier molecular flexibility index (Phi) is 2.68. The minimum atomic E-state index is -0.296. The maximum absolute atomic E-state index is 11.6. The second kappa shape index (κ2) is 4.14. The fourth-order valence-corrected chi connectivity index (χ4v) is 1.44. The Balaban J connectivity index is 2.57. The zero-order valence-electron chi connectivity index (χ0n) is 9.02. The molecule has 0 fully saturated rings. The van der Waals surface area contributed by atoms with Crippen LogP contribution in [0.4, 0.5) is 0 Å². The fourth-order valence-electron chi connectivity index (χ4n) is 1.44. The van der Waals surface area contributed by atoms with Gasteiger partial charge >= 0.3 is 0 Å². The number of pyridine rings is 1. The number of hydrogen-bond acceptors (Lipinski definition) is 4. The van der Waals surface area contributed by atoms with Gasteiger partial charge in [0.1, 0.15) is 5.69 Å². The van der Waals surface area contributed by atoms with Crippen LogP contribution in [0.25, 0.3) is 11.5 Å². The SMILES string of the molecule is COc1c(C)nc(-c2ccccn2)[nH]c1=O. The van der Waals surface area contributed by atoms with E-state index in [1.54, 1.807) is 25.3 Å². The van der Waals surface area contributed by atoms with E-state index in [0.717, 1.165) is 0 Å². The second-order valence-corrected chi connectivity index (χ2v) is 3.25. The molecule has 0 radical (unpaired) electrons. The number of nitrogens with one attached hydrogen (secondary N) is 1. The summed E-state index contributed by atoms with van der Waals surface area (Å²) in [4.78, 5) is 22.6. The molecule has 16 heavy (non-hydrogen) atoms. The molecule has 82 valence electrons. The van der Waals surface area contributed by atoms with E-state index in [9.17, 15) is 4.79 Å². The molecule has 0 aromatic carbocycles. The van der Waals surface area contributed by atoms with Crippen molar-refractivity contribution in [2.75, 3.05) is 7.11 Å². The lowest BCUT2D eigenvalue weighted by Gasteiger charge is -2.04. The minimum Gasteiger partial charge on any atom is -0.490 e. The summed E-state index contributed by atoms with van der Waals surface area (Å²) in [6.45, 7) is 1.72. The van der Waals surface area contributed by atoms with Crippen LogP contribution in [0.15, 0.2) is 29.2 Å². The average molecular weight is 217 g/mol. The molecule has 0 unspecified atom stereocenters. The Hall–Kier alpha value is -2.17. The zero-order valence-corrected chi connectivity index (χ0v) is 9.02. The molecule has 0 saturated carbocycles. The first-order valence-corrected chi connectivity index (χ1v) is 4.78. The standard InChI is InChI=1S/C11H11N3O2/c1-7-9(16-2)11(15)14-10(13-7)8-5-3-4-6-12-8/h3-6H,1-2H3,(H,13,14,15). The molecular formula is C11H11N3O2. The summed E-state index contributed by atoms with van der Waals surface area (Å²) in [6, 6.07) is 5.42. The summed E-state index contributed by atoms with van der Waals surface area (Å²) in [5, 5.41) is 0. The molecule has 2 rings (SSSR count). The molecule has 0 aliphatic rings. The molecule has 0 amide bonds. The Morgan fingerprint density at radius 3 is 2.75 bits per heavy atom. The van der Waals surface area contributed by atoms with Crippen LogP contribution in [0.3, 0.4) is 0 Å². The normalized spacial score (nSPS) is 10.1. The molecule has 2 aromatic rings. The predicted molar refractivity (Wildman–Crippen MR) is 59.4 cm³/mol. The van der Waals surface area contributed by atoms with Crippen LogP contribution in [-0.4, -0.2) is 22.1 Å². The monoisotopic (exact) mass is 217 g/mol. The van der Waals surface area contributed by atoms with Crippen molar-refractivity contribution < 1.29 is 4.74 Å². The van der Waals surface area contributed by atoms with Gasteiger partial charge in [0.25, 0.3) is 5.56 Å². The Labute approximate surface area is 92.2 Å². The van der Waals surface area contributed by atoms with Gasteiger partial charge in [-0.3, -0.25) is 9.78 Å². The van der Waals surface area contributed by atoms with Gasteiger partial charge in [0.2, 0.25) is 5.75 Å². The molecule has 1 N–H and O–H groups in total. The van der Waals surface area contributed by atoms with Gasteiger partial charge in [-0.1, -0.05) is 6.07 Å². The summed E-state index contributed by atoms with van der Waals surface area (Å²) in [6.07, 6.45) is 1.65. The third-order valence-corrected chi connectivity index (χ3v) is 2.16. The lowest BCUT2D eigenvalue weighted by Crippen LogP contribution is -2.14. The third kappa shape index (κ3) is 1.79. The molecule has 0 atom stereocenters. The molecule has 5 nitrogen and oxygen atoms in total. The first-order chi connectivity index (χ1) is 7.72. The van der Waals surface area contributed by atoms with E-state index in [1.165, 1.54) is 7.11 Å². The highest BCUT2D eigenvalue weighted by Gasteiger charge is 2.09. The number of nitrogens with zero attached hydrogens (tertiary/aromatic N) is 2. The highest BCUT2D eigenvalue weighted by molar-refractivity contribution is 5.49. The highest BCUT2D eigenvalue weighted by atomic mass is 16.5. The van der Waals surface area contributed by atoms with E-state index in [-0.39, 0.29) is 11.3 Å². The number of aryl methyl sites for hydroxylation is 1. The van der Waals surface area contributed by atoms with Crippen molar-refractivity contribution >= 4 is 0 Å². The largest absolute Gasteiger partial charge is 0.490 e. The summed E-state index contributed by atoms with van der Waals surface area (Å²) in [5.74, 6) is 0.684. The van der Waals surface area contributed by atoms with Gasteiger partial charge in [0.05, 0.1) is 12.8 Å². The van der Waals surface area contributed by atoms with Crippen molar-refractivity contribution in [1.29, 1.82) is 0 Å². The van der Waals surface area contributed by atoms with E-state index in [4.69, 9.17) is 4.74 Å². The van der Waals surface area contributed by atoms with Gasteiger partial charge < -0.3 is 9.72 Å². The van der Waals surface area contributed by atoms with E-state index >= 15 is 0 Å². The average Bonchev–Trinajstić information content (AvgIpc) is 2.30. The van der Waals surface area contributed by atoms with Crippen molar-refractivity contribution in [3.63, 3.8) is 0 Å². The molecule has 0 aliphatic heterocycles. The first kappa shape index (κ1) is 10.4. The van der Waals surface area contributed by atoms with Gasteiger partial charge in [-0.15, -0.1) is 0 Å². The number of H-pyrrole nitrogens is 1. The van der Waals surface area contributed by atoms with Gasteiger partial charge in [0.15, 0.2) is 5.82 Å². The Bertz CT molecular complexity index is 549. The molecule has 0 aliphatic carbocycles. The molecule has 2 aromatic heterocycles. The van der Waals surface area contributed by atoms with Crippen molar-refractivity contribution in [3.8, 4) is 17.3 Å². The summed E-state index contributed by atoms with van der Waals surface area (Å²) >= 11 is 0. The first-order valence-electron chi connectivity index (χ1n) is 4.78. The molecule has 5 heteroatoms. The van der Waals surface area contributed by atoms with E-state index in [2.05, 4.69) is 15.0 Å². The lowest BCUT2D eigenvalue weighted by atomic mass is 10.3. The second-order valence-electron chi connectivity index (χ2n) is 3.25. The Morgan fingerprint density at radius 2 is 2.19 bits per heavy atom. The van der Waals surface area contributed by atoms with Crippen LogP contribution in [0.5, 0.6) is 5.75 Å². The number of aromatic nitrogens is 3. The van der Waals surface area contributed by atoms with Gasteiger partial charge in [-0.2, -0.15) is 0 Å². The number of hydrogen-bond donors (Lipinski definition) is 1. The quantitative estimate of drug-likeness (QED) is 0.819. The van der Waals surface area contributed by atoms with Gasteiger partial charge in [-0.05, 0) is 19.1 Å². The van der Waals surface area contributed by atoms with Gasteiger partial charge in [0, 0.05) is 6.20 Å². The summed E-state index contributed by atoms with van der Waals surface area (Å²) in [7, 11) is 1.44. The summed E-state index contributed by atoms with van der Waals surface area (Å²) < 4.78 is 4.94. The van der Waals surface area contributed by atoms with Crippen molar-refractivity contribution in [3.05, 3.63) is 40.4 Å². The number of methoxy groups -OCH3 is 1. The maximum atomic E-state index is 11.6. The van der Waals surface area contributed by atoms with Crippen molar-refractivity contribution in [1.82, 2.24) is 15.0 Å². The van der Waals surface area contributed by atoms with Crippen LogP contribution < -0.4 is 10.3 Å². The molecule has 2 heterocycles. The Morgan fingerprint density at radius 1 is 1.38 bits per heavy atom. The van der Waals surface area contributed by atoms with Crippen LogP contribution >= 0.6 is 0 Å². The fraction of sp³-hybridized carbons (Fsp3) is 0.182. The third-order valence-electron chi connectivity index (χ3n) is 2.16. The highest BCUT2D eigenvalue weighted by Crippen LogP contribution is 2.13. The number of aromatic amines is 1. The lowest BCUT2D eigenvalue weighted by molar-refractivity contribution is 0.402. The number of ether oxygens (including phenoxy) is 1. The smallest absolute Gasteiger partial charge is 0.293 e. The van der Waals surface area contributed by atoms with E-state index in [1.807, 2.05) is 6.07 Å². The summed E-state index contributed by atoms with van der Waals surface area (Å²) in [5.41, 5.74) is 0.882. The van der Waals surface area contributed by atoms with E-state index in [0.29, 0.717) is 17.2 Å². The van der Waals surface area contributed by atoms with Crippen LogP contribution in [0.1, 0.15) is 5.69 Å². The number of rotatable bonds is 2. The molecule has 0 bridgehead atoms. The topological polar surface area (TPSA) is 67.9 Å². The minimum absolute atomic E-state index is 0.236. The van der Waals surface area contributed by atoms with Crippen molar-refractivity contribution in [2.24, 2.45) is 0 Å². The van der Waals surface area contributed by atoms with Crippen LogP contribution in [-0.2, 0) is 0 Å². The molecule has 0 saturated heterocycles. The van der Waals surface area contributed by atoms with Crippen LogP contribution in [0.2, 0.25) is 0 Å². The molecule has 0 spiro atoms. The van der Waals surface area contributed by atoms with Crippen LogP contribution in [0, 0.1) is 6.92 Å². The van der Waals surface area contributed by atoms with E-state index < -0.39 is 0 Å². The maximum Gasteiger partial charge on any atom is 0.293 e.